The Labute approximate surface area is 115 Å². The predicted molar refractivity (Wildman–Crippen MR) is 70.1 cm³/mol. The van der Waals surface area contributed by atoms with Crippen molar-refractivity contribution in [3.8, 4) is 0 Å². The molecule has 2 N–H and O–H groups in total. The van der Waals surface area contributed by atoms with Crippen molar-refractivity contribution in [2.45, 2.75) is 26.8 Å². The zero-order valence-electron chi connectivity index (χ0n) is 10.7. The van der Waals surface area contributed by atoms with E-state index in [1.54, 1.807) is 11.8 Å². The molecule has 1 aliphatic heterocycles. The van der Waals surface area contributed by atoms with E-state index in [-0.39, 0.29) is 5.91 Å². The van der Waals surface area contributed by atoms with E-state index in [9.17, 15) is 4.79 Å². The van der Waals surface area contributed by atoms with E-state index in [4.69, 9.17) is 11.6 Å². The van der Waals surface area contributed by atoms with E-state index >= 15 is 0 Å². The average molecular weight is 280 g/mol. The summed E-state index contributed by atoms with van der Waals surface area (Å²) in [6.45, 7) is 4.95. The number of carbonyl (C=O) groups excluding carboxylic acids is 1. The van der Waals surface area contributed by atoms with Gasteiger partial charge in [-0.2, -0.15) is 10.2 Å². The number of nitrogens with one attached hydrogen (secondary N) is 2. The van der Waals surface area contributed by atoms with Gasteiger partial charge in [0.15, 0.2) is 5.69 Å². The van der Waals surface area contributed by atoms with Crippen LogP contribution in [0.5, 0.6) is 0 Å². The lowest BCUT2D eigenvalue weighted by Crippen LogP contribution is -2.36. The number of hydrogen-bond donors (Lipinski definition) is 2. The third-order valence-corrected chi connectivity index (χ3v) is 3.95. The zero-order valence-corrected chi connectivity index (χ0v) is 11.5. The molecule has 2 aromatic rings. The number of hydrogen-bond acceptors (Lipinski definition) is 3. The summed E-state index contributed by atoms with van der Waals surface area (Å²) in [5.74, 6) is -0.138. The summed E-state index contributed by atoms with van der Waals surface area (Å²) in [7, 11) is 0. The van der Waals surface area contributed by atoms with Gasteiger partial charge in [-0.15, -0.1) is 0 Å². The Hall–Kier alpha value is -1.82. The topological polar surface area (TPSA) is 77.7 Å². The molecule has 1 amide bonds. The standard InChI is InChI=1S/C12H14ClN5O/c1-6-8-5-18(4-3-9(8)16-14-6)12(19)11-10(13)7(2)15-17-11/h3-5H2,1-2H3,(H,14,16)(H,15,17). The monoisotopic (exact) mass is 279 g/mol. The van der Waals surface area contributed by atoms with Gasteiger partial charge in [-0.25, -0.2) is 0 Å². The number of aromatic nitrogens is 4. The smallest absolute Gasteiger partial charge is 0.276 e. The molecule has 100 valence electrons. The normalized spacial score (nSPS) is 14.6. The number of amides is 1. The summed E-state index contributed by atoms with van der Waals surface area (Å²) < 4.78 is 0. The highest BCUT2D eigenvalue weighted by Gasteiger charge is 2.27. The molecule has 3 rings (SSSR count). The lowest BCUT2D eigenvalue weighted by atomic mass is 10.1. The van der Waals surface area contributed by atoms with Gasteiger partial charge in [0.1, 0.15) is 0 Å². The molecule has 7 heteroatoms. The van der Waals surface area contributed by atoms with E-state index in [0.717, 1.165) is 23.4 Å². The molecule has 6 nitrogen and oxygen atoms in total. The third kappa shape index (κ3) is 1.92. The fraction of sp³-hybridized carbons (Fsp3) is 0.417. The number of aryl methyl sites for hydroxylation is 2. The van der Waals surface area contributed by atoms with Crippen LogP contribution in [0.2, 0.25) is 5.02 Å². The van der Waals surface area contributed by atoms with Crippen molar-refractivity contribution in [2.24, 2.45) is 0 Å². The van der Waals surface area contributed by atoms with Gasteiger partial charge in [-0.3, -0.25) is 15.0 Å². The zero-order chi connectivity index (χ0) is 13.6. The molecular formula is C12H14ClN5O. The van der Waals surface area contributed by atoms with Gasteiger partial charge < -0.3 is 4.90 Å². The molecule has 1 aliphatic rings. The average Bonchev–Trinajstić information content (AvgIpc) is 2.94. The molecule has 0 saturated carbocycles. The Morgan fingerprint density at radius 2 is 2.00 bits per heavy atom. The van der Waals surface area contributed by atoms with E-state index in [0.29, 0.717) is 29.5 Å². The molecule has 19 heavy (non-hydrogen) atoms. The third-order valence-electron chi connectivity index (χ3n) is 3.49. The first-order valence-electron chi connectivity index (χ1n) is 6.10. The number of carbonyl (C=O) groups is 1. The van der Waals surface area contributed by atoms with Crippen molar-refractivity contribution in [1.82, 2.24) is 25.3 Å². The van der Waals surface area contributed by atoms with Crippen molar-refractivity contribution in [2.75, 3.05) is 6.54 Å². The van der Waals surface area contributed by atoms with Gasteiger partial charge in [-0.1, -0.05) is 11.6 Å². The van der Waals surface area contributed by atoms with E-state index in [1.165, 1.54) is 0 Å². The molecule has 0 aromatic carbocycles. The number of fused-ring (bicyclic) bond motifs is 1. The fourth-order valence-corrected chi connectivity index (χ4v) is 2.48. The lowest BCUT2D eigenvalue weighted by Gasteiger charge is -2.26. The molecule has 0 aliphatic carbocycles. The largest absolute Gasteiger partial charge is 0.332 e. The summed E-state index contributed by atoms with van der Waals surface area (Å²) in [6, 6.07) is 0. The first-order valence-corrected chi connectivity index (χ1v) is 6.48. The van der Waals surface area contributed by atoms with Crippen LogP contribution in [0.4, 0.5) is 0 Å². The second-order valence-electron chi connectivity index (χ2n) is 4.76. The second-order valence-corrected chi connectivity index (χ2v) is 5.14. The summed E-state index contributed by atoms with van der Waals surface area (Å²) in [5.41, 5.74) is 4.16. The van der Waals surface area contributed by atoms with Gasteiger partial charge in [0.2, 0.25) is 0 Å². The molecule has 0 fully saturated rings. The summed E-state index contributed by atoms with van der Waals surface area (Å²) in [5, 5.41) is 14.3. The lowest BCUT2D eigenvalue weighted by molar-refractivity contribution is 0.0728. The molecular weight excluding hydrogens is 266 g/mol. The Morgan fingerprint density at radius 1 is 1.26 bits per heavy atom. The van der Waals surface area contributed by atoms with Crippen LogP contribution in [-0.4, -0.2) is 37.7 Å². The number of nitrogens with zero attached hydrogens (tertiary/aromatic N) is 3. The minimum atomic E-state index is -0.138. The maximum absolute atomic E-state index is 12.4. The molecule has 0 spiro atoms. The molecule has 0 saturated heterocycles. The van der Waals surface area contributed by atoms with Crippen LogP contribution in [0.15, 0.2) is 0 Å². The number of halogens is 1. The highest BCUT2D eigenvalue weighted by Crippen LogP contribution is 2.24. The molecule has 0 atom stereocenters. The highest BCUT2D eigenvalue weighted by atomic mass is 35.5. The molecule has 3 heterocycles. The Balaban J connectivity index is 1.87. The minimum absolute atomic E-state index is 0.138. The first kappa shape index (κ1) is 12.2. The fourth-order valence-electron chi connectivity index (χ4n) is 2.31. The number of rotatable bonds is 1. The minimum Gasteiger partial charge on any atom is -0.332 e. The van der Waals surface area contributed by atoms with Crippen LogP contribution in [0.25, 0.3) is 0 Å². The van der Waals surface area contributed by atoms with Gasteiger partial charge in [0, 0.05) is 30.8 Å². The molecule has 0 unspecified atom stereocenters. The van der Waals surface area contributed by atoms with Gasteiger partial charge >= 0.3 is 0 Å². The van der Waals surface area contributed by atoms with E-state index < -0.39 is 0 Å². The Bertz CT molecular complexity index is 645. The van der Waals surface area contributed by atoms with Crippen LogP contribution < -0.4 is 0 Å². The highest BCUT2D eigenvalue weighted by molar-refractivity contribution is 6.34. The molecule has 0 bridgehead atoms. The van der Waals surface area contributed by atoms with Crippen molar-refractivity contribution >= 4 is 17.5 Å². The van der Waals surface area contributed by atoms with Gasteiger partial charge in [0.05, 0.1) is 16.4 Å². The van der Waals surface area contributed by atoms with Crippen LogP contribution in [0.3, 0.4) is 0 Å². The van der Waals surface area contributed by atoms with Crippen molar-refractivity contribution in [3.63, 3.8) is 0 Å². The van der Waals surface area contributed by atoms with Crippen molar-refractivity contribution in [3.05, 3.63) is 33.4 Å². The van der Waals surface area contributed by atoms with Crippen LogP contribution in [0.1, 0.15) is 33.1 Å². The SMILES string of the molecule is Cc1[nH]nc(C(=O)N2CCc3n[nH]c(C)c3C2)c1Cl. The summed E-state index contributed by atoms with van der Waals surface area (Å²) in [6.07, 6.45) is 0.756. The van der Waals surface area contributed by atoms with Crippen LogP contribution in [0, 0.1) is 13.8 Å². The molecule has 2 aromatic heterocycles. The van der Waals surface area contributed by atoms with Crippen LogP contribution in [-0.2, 0) is 13.0 Å². The number of aromatic amines is 2. The summed E-state index contributed by atoms with van der Waals surface area (Å²) >= 11 is 6.07. The number of H-pyrrole nitrogens is 2. The Morgan fingerprint density at radius 3 is 2.68 bits per heavy atom. The summed E-state index contributed by atoms with van der Waals surface area (Å²) in [4.78, 5) is 14.2. The second kappa shape index (κ2) is 4.38. The van der Waals surface area contributed by atoms with E-state index in [2.05, 4.69) is 20.4 Å². The Kier molecular flexibility index (Phi) is 2.82. The van der Waals surface area contributed by atoms with Gasteiger partial charge in [-0.05, 0) is 13.8 Å². The first-order chi connectivity index (χ1) is 9.08. The quantitative estimate of drug-likeness (QED) is 0.832. The van der Waals surface area contributed by atoms with Crippen molar-refractivity contribution < 1.29 is 4.79 Å². The maximum atomic E-state index is 12.4. The molecule has 0 radical (unpaired) electrons. The van der Waals surface area contributed by atoms with Gasteiger partial charge in [0.25, 0.3) is 5.91 Å². The maximum Gasteiger partial charge on any atom is 0.276 e. The van der Waals surface area contributed by atoms with E-state index in [1.807, 2.05) is 6.92 Å². The van der Waals surface area contributed by atoms with Crippen molar-refractivity contribution in [1.29, 1.82) is 0 Å². The van der Waals surface area contributed by atoms with Crippen LogP contribution >= 0.6 is 11.6 Å². The predicted octanol–water partition coefficient (Wildman–Crippen LogP) is 1.60.